The molecular formula is C26H28BN5O3. The van der Waals surface area contributed by atoms with Crippen LogP contribution in [0.1, 0.15) is 57.5 Å². The first kappa shape index (κ1) is 23.2. The molecule has 2 aliphatic rings. The fourth-order valence-corrected chi connectivity index (χ4v) is 4.25. The van der Waals surface area contributed by atoms with E-state index in [1.165, 1.54) is 4.68 Å². The quantitative estimate of drug-likeness (QED) is 0.408. The molecule has 0 atom stereocenters. The monoisotopic (exact) mass is 469 g/mol. The van der Waals surface area contributed by atoms with Crippen LogP contribution in [0.3, 0.4) is 0 Å². The van der Waals surface area contributed by atoms with Crippen molar-refractivity contribution in [3.63, 3.8) is 0 Å². The molecule has 1 aliphatic heterocycles. The number of nitrogens with zero attached hydrogens (tertiary/aromatic N) is 3. The van der Waals surface area contributed by atoms with Crippen LogP contribution in [0.25, 0.3) is 5.69 Å². The Morgan fingerprint density at radius 3 is 2.46 bits per heavy atom. The van der Waals surface area contributed by atoms with Gasteiger partial charge in [0.05, 0.1) is 5.69 Å². The fourth-order valence-electron chi connectivity index (χ4n) is 4.25. The van der Waals surface area contributed by atoms with Gasteiger partial charge >= 0.3 is 0 Å². The maximum atomic E-state index is 13.5. The van der Waals surface area contributed by atoms with Gasteiger partial charge in [-0.2, -0.15) is 0 Å². The zero-order valence-electron chi connectivity index (χ0n) is 19.7. The highest BCUT2D eigenvalue weighted by molar-refractivity contribution is 6.13. The van der Waals surface area contributed by atoms with Gasteiger partial charge < -0.3 is 20.6 Å². The van der Waals surface area contributed by atoms with Crippen LogP contribution in [0.4, 0.5) is 5.82 Å². The summed E-state index contributed by atoms with van der Waals surface area (Å²) in [5.74, 6) is -0.0296. The van der Waals surface area contributed by atoms with Gasteiger partial charge in [0, 0.05) is 17.2 Å². The SMILES string of the molecule is [B]N1CCC(Oc2nn(-c3cc(C(=O)NC4CC4)ccc3C)c(N)c2C(=O)c2ccccc2)CC1. The highest BCUT2D eigenvalue weighted by Crippen LogP contribution is 2.32. The van der Waals surface area contributed by atoms with Crippen LogP contribution in [-0.4, -0.2) is 59.5 Å². The van der Waals surface area contributed by atoms with Crippen molar-refractivity contribution in [2.75, 3.05) is 18.8 Å². The van der Waals surface area contributed by atoms with Gasteiger partial charge in [-0.15, -0.1) is 5.10 Å². The normalized spacial score (nSPS) is 16.7. The van der Waals surface area contributed by atoms with Gasteiger partial charge in [0.25, 0.3) is 5.91 Å². The molecular weight excluding hydrogens is 441 g/mol. The van der Waals surface area contributed by atoms with Crippen LogP contribution in [-0.2, 0) is 0 Å². The Labute approximate surface area is 205 Å². The molecule has 2 heterocycles. The summed E-state index contributed by atoms with van der Waals surface area (Å²) in [6.07, 6.45) is 3.32. The Morgan fingerprint density at radius 2 is 1.77 bits per heavy atom. The van der Waals surface area contributed by atoms with Crippen LogP contribution in [0.15, 0.2) is 48.5 Å². The minimum Gasteiger partial charge on any atom is -0.473 e. The summed E-state index contributed by atoms with van der Waals surface area (Å²) in [5.41, 5.74) is 9.28. The Kier molecular flexibility index (Phi) is 6.34. The number of nitrogens with two attached hydrogens (primary N) is 1. The number of carbonyl (C=O) groups is 2. The number of carbonyl (C=O) groups excluding carboxylic acids is 2. The number of hydrogen-bond donors (Lipinski definition) is 2. The molecule has 0 unspecified atom stereocenters. The number of nitrogen functional groups attached to an aromatic ring is 1. The molecule has 35 heavy (non-hydrogen) atoms. The molecule has 1 aliphatic carbocycles. The first-order valence-corrected chi connectivity index (χ1v) is 12.0. The number of hydrogen-bond acceptors (Lipinski definition) is 6. The number of nitrogens with one attached hydrogen (secondary N) is 1. The van der Waals surface area contributed by atoms with Crippen LogP contribution in [0.2, 0.25) is 0 Å². The third-order valence-electron chi connectivity index (χ3n) is 6.52. The number of ketones is 1. The number of amides is 1. The number of aromatic nitrogens is 2. The molecule has 9 heteroatoms. The molecule has 2 radical (unpaired) electrons. The highest BCUT2D eigenvalue weighted by atomic mass is 16.5. The summed E-state index contributed by atoms with van der Waals surface area (Å²) in [4.78, 5) is 27.9. The van der Waals surface area contributed by atoms with Crippen molar-refractivity contribution in [3.05, 3.63) is 70.8 Å². The zero-order chi connectivity index (χ0) is 24.5. The van der Waals surface area contributed by atoms with Crippen molar-refractivity contribution < 1.29 is 14.3 Å². The largest absolute Gasteiger partial charge is 0.473 e. The van der Waals surface area contributed by atoms with Gasteiger partial charge in [-0.05, 0) is 63.4 Å². The lowest BCUT2D eigenvalue weighted by atomic mass is 10.0. The second-order valence-corrected chi connectivity index (χ2v) is 9.27. The van der Waals surface area contributed by atoms with E-state index in [9.17, 15) is 9.59 Å². The number of rotatable bonds is 7. The van der Waals surface area contributed by atoms with Gasteiger partial charge in [-0.3, -0.25) is 9.59 Å². The van der Waals surface area contributed by atoms with Gasteiger partial charge in [0.15, 0.2) is 7.98 Å². The summed E-state index contributed by atoms with van der Waals surface area (Å²) in [6.45, 7) is 3.30. The number of aryl methyl sites for hydroxylation is 1. The second-order valence-electron chi connectivity index (χ2n) is 9.27. The summed E-state index contributed by atoms with van der Waals surface area (Å²) < 4.78 is 7.75. The van der Waals surface area contributed by atoms with E-state index in [4.69, 9.17) is 18.5 Å². The van der Waals surface area contributed by atoms with Gasteiger partial charge in [-0.25, -0.2) is 4.68 Å². The third-order valence-corrected chi connectivity index (χ3v) is 6.52. The van der Waals surface area contributed by atoms with E-state index in [0.29, 0.717) is 29.9 Å². The van der Waals surface area contributed by atoms with Crippen molar-refractivity contribution in [3.8, 4) is 11.6 Å². The molecule has 1 amide bonds. The van der Waals surface area contributed by atoms with Crippen LogP contribution >= 0.6 is 0 Å². The molecule has 2 aromatic carbocycles. The van der Waals surface area contributed by atoms with Gasteiger partial charge in [-0.1, -0.05) is 36.4 Å². The molecule has 8 nitrogen and oxygen atoms in total. The average Bonchev–Trinajstić information content (AvgIpc) is 3.62. The van der Waals surface area contributed by atoms with E-state index >= 15 is 0 Å². The molecule has 5 rings (SSSR count). The summed E-state index contributed by atoms with van der Waals surface area (Å²) >= 11 is 0. The Morgan fingerprint density at radius 1 is 1.06 bits per heavy atom. The third kappa shape index (κ3) is 4.95. The lowest BCUT2D eigenvalue weighted by Gasteiger charge is -2.29. The predicted octanol–water partition coefficient (Wildman–Crippen LogP) is 2.81. The van der Waals surface area contributed by atoms with E-state index < -0.39 is 0 Å². The molecule has 178 valence electrons. The van der Waals surface area contributed by atoms with E-state index in [1.807, 2.05) is 19.1 Å². The fraction of sp³-hybridized carbons (Fsp3) is 0.346. The van der Waals surface area contributed by atoms with E-state index in [-0.39, 0.29) is 41.1 Å². The molecule has 1 aromatic heterocycles. The minimum absolute atomic E-state index is 0.128. The van der Waals surface area contributed by atoms with Crippen molar-refractivity contribution >= 4 is 25.5 Å². The summed E-state index contributed by atoms with van der Waals surface area (Å²) in [5, 5.41) is 7.65. The first-order valence-electron chi connectivity index (χ1n) is 12.0. The molecule has 0 bridgehead atoms. The lowest BCUT2D eigenvalue weighted by Crippen LogP contribution is -2.36. The summed E-state index contributed by atoms with van der Waals surface area (Å²) in [6, 6.07) is 14.6. The van der Waals surface area contributed by atoms with Crippen LogP contribution in [0, 0.1) is 6.92 Å². The number of benzene rings is 2. The van der Waals surface area contributed by atoms with Crippen LogP contribution in [0.5, 0.6) is 5.88 Å². The Bertz CT molecular complexity index is 1250. The first-order chi connectivity index (χ1) is 16.9. The molecule has 3 N–H and O–H groups in total. The van der Waals surface area contributed by atoms with Gasteiger partial charge in [0.1, 0.15) is 17.5 Å². The van der Waals surface area contributed by atoms with E-state index in [2.05, 4.69) is 10.4 Å². The number of piperidine rings is 1. The van der Waals surface area contributed by atoms with Crippen molar-refractivity contribution in [1.82, 2.24) is 19.9 Å². The molecule has 1 saturated carbocycles. The topological polar surface area (TPSA) is 102 Å². The number of ether oxygens (including phenoxy) is 1. The number of anilines is 1. The second kappa shape index (κ2) is 9.58. The average molecular weight is 469 g/mol. The predicted molar refractivity (Wildman–Crippen MR) is 134 cm³/mol. The van der Waals surface area contributed by atoms with Crippen molar-refractivity contribution in [2.45, 2.75) is 44.8 Å². The minimum atomic E-state index is -0.263. The van der Waals surface area contributed by atoms with Crippen molar-refractivity contribution in [2.24, 2.45) is 0 Å². The molecule has 2 fully saturated rings. The Hall–Kier alpha value is -3.59. The summed E-state index contributed by atoms with van der Waals surface area (Å²) in [7, 11) is 5.89. The zero-order valence-corrected chi connectivity index (χ0v) is 19.7. The van der Waals surface area contributed by atoms with Crippen molar-refractivity contribution in [1.29, 1.82) is 0 Å². The smallest absolute Gasteiger partial charge is 0.251 e. The molecule has 3 aromatic rings. The molecule has 0 spiro atoms. The maximum absolute atomic E-state index is 13.5. The van der Waals surface area contributed by atoms with E-state index in [1.54, 1.807) is 41.2 Å². The van der Waals surface area contributed by atoms with Crippen LogP contribution < -0.4 is 15.8 Å². The molecule has 1 saturated heterocycles. The van der Waals surface area contributed by atoms with E-state index in [0.717, 1.165) is 31.2 Å². The lowest BCUT2D eigenvalue weighted by molar-refractivity contribution is 0.0950. The Balaban J connectivity index is 1.54. The standard InChI is InChI=1S/C26H28BN5O3/c1-16-7-8-18(25(34)29-19-9-10-19)15-21(16)32-24(28)22(23(33)17-5-3-2-4-6-17)26(30-32)35-20-11-13-31(27)14-12-20/h2-8,15,19-20H,9-14,28H2,1H3,(H,29,34). The highest BCUT2D eigenvalue weighted by Gasteiger charge is 2.29. The van der Waals surface area contributed by atoms with Gasteiger partial charge in [0.2, 0.25) is 11.7 Å². The maximum Gasteiger partial charge on any atom is 0.251 e.